The molecule has 1 unspecified atom stereocenters. The molecule has 0 saturated heterocycles. The molecule has 0 spiro atoms. The van der Waals surface area contributed by atoms with Crippen molar-refractivity contribution in [1.82, 2.24) is 0 Å². The SMILES string of the molecule is CCCCCCC(CCCCC)[C@H](CC(Cl)(Cl)Cl)SSC(C)(C)C. The molecule has 0 nitrogen and oxygen atoms in total. The van der Waals surface area contributed by atoms with Crippen LogP contribution in [0.5, 0.6) is 0 Å². The first kappa shape index (κ1) is 25.6. The topological polar surface area (TPSA) is 0 Å². The first-order valence-corrected chi connectivity index (χ1v) is 12.8. The van der Waals surface area contributed by atoms with Gasteiger partial charge in [0.1, 0.15) is 0 Å². The van der Waals surface area contributed by atoms with Gasteiger partial charge in [-0.3, -0.25) is 0 Å². The highest BCUT2D eigenvalue weighted by Crippen LogP contribution is 2.47. The Balaban J connectivity index is 4.83. The van der Waals surface area contributed by atoms with Crippen molar-refractivity contribution >= 4 is 56.4 Å². The zero-order valence-electron chi connectivity index (χ0n) is 16.2. The van der Waals surface area contributed by atoms with Crippen LogP contribution < -0.4 is 0 Å². The summed E-state index contributed by atoms with van der Waals surface area (Å²) >= 11 is 18.5. The molecule has 0 radical (unpaired) electrons. The Bertz CT molecular complexity index is 298. The maximum atomic E-state index is 6.18. The third-order valence-corrected chi connectivity index (χ3v) is 8.38. The molecule has 0 amide bonds. The summed E-state index contributed by atoms with van der Waals surface area (Å²) < 4.78 is -0.921. The molecule has 0 aliphatic carbocycles. The molecule has 24 heavy (non-hydrogen) atoms. The van der Waals surface area contributed by atoms with E-state index in [9.17, 15) is 0 Å². The summed E-state index contributed by atoms with van der Waals surface area (Å²) in [5.74, 6) is 0.656. The van der Waals surface area contributed by atoms with Gasteiger partial charge in [0, 0.05) is 16.4 Å². The number of halogens is 3. The monoisotopic (exact) mass is 434 g/mol. The lowest BCUT2D eigenvalue weighted by atomic mass is 9.90. The van der Waals surface area contributed by atoms with Crippen LogP contribution in [0.25, 0.3) is 0 Å². The number of hydrogen-bond acceptors (Lipinski definition) is 2. The molecule has 0 aromatic carbocycles. The zero-order valence-corrected chi connectivity index (χ0v) is 20.1. The molecule has 0 aromatic rings. The van der Waals surface area contributed by atoms with Crippen LogP contribution >= 0.6 is 56.4 Å². The molecule has 0 heterocycles. The second kappa shape index (κ2) is 13.7. The van der Waals surface area contributed by atoms with E-state index >= 15 is 0 Å². The summed E-state index contributed by atoms with van der Waals surface area (Å²) in [7, 11) is 3.88. The largest absolute Gasteiger partial charge is 0.191 e. The Morgan fingerprint density at radius 2 is 1.29 bits per heavy atom. The van der Waals surface area contributed by atoms with Crippen molar-refractivity contribution in [2.75, 3.05) is 0 Å². The van der Waals surface area contributed by atoms with Crippen LogP contribution in [0.15, 0.2) is 0 Å². The van der Waals surface area contributed by atoms with Crippen molar-refractivity contribution in [1.29, 1.82) is 0 Å². The Morgan fingerprint density at radius 3 is 1.75 bits per heavy atom. The predicted molar refractivity (Wildman–Crippen MR) is 120 cm³/mol. The van der Waals surface area contributed by atoms with Crippen LogP contribution in [0.1, 0.15) is 98.8 Å². The molecular weight excluding hydrogens is 399 g/mol. The Kier molecular flexibility index (Phi) is 14.6. The number of rotatable bonds is 13. The van der Waals surface area contributed by atoms with Crippen molar-refractivity contribution in [2.45, 2.75) is 113 Å². The summed E-state index contributed by atoms with van der Waals surface area (Å²) in [5.41, 5.74) is 0. The molecule has 0 N–H and O–H groups in total. The third-order valence-electron chi connectivity index (χ3n) is 3.99. The van der Waals surface area contributed by atoms with Gasteiger partial charge in [-0.05, 0) is 18.8 Å². The molecule has 0 bridgehead atoms. The van der Waals surface area contributed by atoms with Crippen molar-refractivity contribution in [3.8, 4) is 0 Å². The van der Waals surface area contributed by atoms with Crippen molar-refractivity contribution < 1.29 is 0 Å². The molecular formula is C19H37Cl3S2. The van der Waals surface area contributed by atoms with Gasteiger partial charge in [0.25, 0.3) is 0 Å². The van der Waals surface area contributed by atoms with Crippen molar-refractivity contribution in [2.24, 2.45) is 5.92 Å². The zero-order chi connectivity index (χ0) is 18.6. The van der Waals surface area contributed by atoms with Crippen LogP contribution in [-0.2, 0) is 0 Å². The average Bonchev–Trinajstić information content (AvgIpc) is 2.44. The standard InChI is InChI=1S/C19H37Cl3S2/c1-6-8-10-12-14-16(13-11-9-7-2)17(15-19(20,21)22)23-24-18(3,4)5/h16-17H,6-15H2,1-5H3/t16?,17-/m0/s1. The van der Waals surface area contributed by atoms with E-state index in [1.54, 1.807) is 0 Å². The van der Waals surface area contributed by atoms with Gasteiger partial charge in [-0.1, -0.05) is 136 Å². The number of unbranched alkanes of at least 4 members (excludes halogenated alkanes) is 5. The quantitative estimate of drug-likeness (QED) is 0.160. The van der Waals surface area contributed by atoms with Gasteiger partial charge in [-0.2, -0.15) is 0 Å². The lowest BCUT2D eigenvalue weighted by molar-refractivity contribution is 0.388. The first-order chi connectivity index (χ1) is 11.1. The minimum absolute atomic E-state index is 0.229. The maximum absolute atomic E-state index is 6.18. The number of hydrogen-bond donors (Lipinski definition) is 0. The lowest BCUT2D eigenvalue weighted by Crippen LogP contribution is -2.24. The maximum Gasteiger partial charge on any atom is 0.191 e. The summed E-state index contributed by atoms with van der Waals surface area (Å²) in [6.07, 6.45) is 12.3. The molecule has 2 atom stereocenters. The molecule has 0 aromatic heterocycles. The molecule has 0 saturated carbocycles. The molecule has 0 aliphatic rings. The van der Waals surface area contributed by atoms with Gasteiger partial charge in [-0.15, -0.1) is 0 Å². The first-order valence-electron chi connectivity index (χ1n) is 9.50. The molecule has 5 heteroatoms. The van der Waals surface area contributed by atoms with Gasteiger partial charge in [0.05, 0.1) is 0 Å². The summed E-state index contributed by atoms with van der Waals surface area (Å²) in [6.45, 7) is 11.3. The fourth-order valence-electron chi connectivity index (χ4n) is 2.72. The third kappa shape index (κ3) is 15.8. The second-order valence-electron chi connectivity index (χ2n) is 7.75. The Labute approximate surface area is 174 Å². The predicted octanol–water partition coefficient (Wildman–Crippen LogP) is 9.46. The molecule has 146 valence electrons. The highest BCUT2D eigenvalue weighted by Gasteiger charge is 2.32. The van der Waals surface area contributed by atoms with Crippen LogP contribution in [0, 0.1) is 5.92 Å². The normalized spacial score (nSPS) is 15.5. The van der Waals surface area contributed by atoms with Gasteiger partial charge >= 0.3 is 0 Å². The van der Waals surface area contributed by atoms with Gasteiger partial charge < -0.3 is 0 Å². The fourth-order valence-corrected chi connectivity index (χ4v) is 6.56. The minimum Gasteiger partial charge on any atom is -0.0897 e. The average molecular weight is 436 g/mol. The Morgan fingerprint density at radius 1 is 0.792 bits per heavy atom. The molecule has 0 fully saturated rings. The fraction of sp³-hybridized carbons (Fsp3) is 1.00. The highest BCUT2D eigenvalue weighted by molar-refractivity contribution is 8.77. The summed E-state index contributed by atoms with van der Waals surface area (Å²) in [6, 6.07) is 0. The van der Waals surface area contributed by atoms with Gasteiger partial charge in [-0.25, -0.2) is 0 Å². The van der Waals surface area contributed by atoms with E-state index in [4.69, 9.17) is 34.8 Å². The van der Waals surface area contributed by atoms with Gasteiger partial charge in [0.2, 0.25) is 0 Å². The molecule has 0 aliphatic heterocycles. The number of alkyl halides is 3. The van der Waals surface area contributed by atoms with Crippen molar-refractivity contribution in [3.05, 3.63) is 0 Å². The minimum atomic E-state index is -1.15. The smallest absolute Gasteiger partial charge is 0.0897 e. The van der Waals surface area contributed by atoms with Gasteiger partial charge in [0.15, 0.2) is 3.79 Å². The summed E-state index contributed by atoms with van der Waals surface area (Å²) in [4.78, 5) is 0. The van der Waals surface area contributed by atoms with E-state index in [1.807, 2.05) is 21.6 Å². The molecule has 0 rings (SSSR count). The van der Waals surface area contributed by atoms with Crippen LogP contribution in [-0.4, -0.2) is 13.8 Å². The van der Waals surface area contributed by atoms with E-state index in [-0.39, 0.29) is 4.75 Å². The van der Waals surface area contributed by atoms with E-state index in [2.05, 4.69) is 34.6 Å². The summed E-state index contributed by atoms with van der Waals surface area (Å²) in [5, 5.41) is 0.417. The lowest BCUT2D eigenvalue weighted by Gasteiger charge is -2.31. The highest BCUT2D eigenvalue weighted by atomic mass is 35.6. The van der Waals surface area contributed by atoms with Crippen LogP contribution in [0.2, 0.25) is 0 Å². The van der Waals surface area contributed by atoms with E-state index < -0.39 is 3.79 Å². The van der Waals surface area contributed by atoms with E-state index in [1.165, 1.54) is 57.8 Å². The van der Waals surface area contributed by atoms with E-state index in [0.717, 1.165) is 0 Å². The van der Waals surface area contributed by atoms with Crippen LogP contribution in [0.4, 0.5) is 0 Å². The second-order valence-corrected chi connectivity index (χ2v) is 13.5. The van der Waals surface area contributed by atoms with Crippen molar-refractivity contribution in [3.63, 3.8) is 0 Å². The van der Waals surface area contributed by atoms with Crippen LogP contribution in [0.3, 0.4) is 0 Å². The Hall–Kier alpha value is 1.57. The van der Waals surface area contributed by atoms with E-state index in [0.29, 0.717) is 17.6 Å².